The zero-order valence-electron chi connectivity index (χ0n) is 15.1. The molecule has 0 saturated carbocycles. The van der Waals surface area contributed by atoms with E-state index in [-0.39, 0.29) is 17.9 Å². The zero-order valence-corrected chi connectivity index (χ0v) is 15.1. The van der Waals surface area contributed by atoms with Crippen molar-refractivity contribution in [2.24, 2.45) is 13.0 Å². The maximum Gasteiger partial charge on any atom is 0.227 e. The number of anilines is 1. The average molecular weight is 344 g/mol. The fourth-order valence-corrected chi connectivity index (χ4v) is 3.08. The summed E-state index contributed by atoms with van der Waals surface area (Å²) in [4.78, 5) is 12.7. The topological polar surface area (TPSA) is 78.3 Å². The first-order chi connectivity index (χ1) is 12.0. The highest BCUT2D eigenvalue weighted by Gasteiger charge is 2.28. The SMILES string of the molecule is COc1ccc(NC(=O)C2CCc3nnn(C)c3C2)cc1OC(C)C. The lowest BCUT2D eigenvalue weighted by atomic mass is 9.89. The third-order valence-electron chi connectivity index (χ3n) is 4.36. The van der Waals surface area contributed by atoms with Crippen LogP contribution >= 0.6 is 0 Å². The molecule has 1 aromatic carbocycles. The monoisotopic (exact) mass is 344 g/mol. The van der Waals surface area contributed by atoms with E-state index in [1.54, 1.807) is 23.9 Å². The molecule has 1 unspecified atom stereocenters. The zero-order chi connectivity index (χ0) is 18.0. The molecule has 1 aliphatic rings. The molecule has 1 amide bonds. The molecular formula is C18H24N4O3. The number of aryl methyl sites for hydroxylation is 2. The predicted molar refractivity (Wildman–Crippen MR) is 93.9 cm³/mol. The van der Waals surface area contributed by atoms with Crippen molar-refractivity contribution in [1.29, 1.82) is 0 Å². The van der Waals surface area contributed by atoms with Crippen LogP contribution in [0.25, 0.3) is 0 Å². The summed E-state index contributed by atoms with van der Waals surface area (Å²) < 4.78 is 12.8. The number of carbonyl (C=O) groups is 1. The van der Waals surface area contributed by atoms with Gasteiger partial charge in [-0.15, -0.1) is 5.10 Å². The molecule has 7 heteroatoms. The van der Waals surface area contributed by atoms with Gasteiger partial charge in [-0.2, -0.15) is 0 Å². The third kappa shape index (κ3) is 3.75. The van der Waals surface area contributed by atoms with E-state index in [1.807, 2.05) is 27.0 Å². The van der Waals surface area contributed by atoms with Crippen LogP contribution in [0.1, 0.15) is 31.7 Å². The number of hydrogen-bond donors (Lipinski definition) is 1. The number of amides is 1. The van der Waals surface area contributed by atoms with Gasteiger partial charge in [0.15, 0.2) is 11.5 Å². The minimum atomic E-state index is -0.0822. The molecule has 0 bridgehead atoms. The van der Waals surface area contributed by atoms with Gasteiger partial charge in [-0.3, -0.25) is 9.48 Å². The van der Waals surface area contributed by atoms with Crippen molar-refractivity contribution in [1.82, 2.24) is 15.0 Å². The highest BCUT2D eigenvalue weighted by molar-refractivity contribution is 5.93. The van der Waals surface area contributed by atoms with Crippen LogP contribution in [0.5, 0.6) is 11.5 Å². The van der Waals surface area contributed by atoms with Gasteiger partial charge >= 0.3 is 0 Å². The van der Waals surface area contributed by atoms with Gasteiger partial charge in [0.25, 0.3) is 0 Å². The molecule has 3 rings (SSSR count). The first-order valence-corrected chi connectivity index (χ1v) is 8.51. The molecular weight excluding hydrogens is 320 g/mol. The van der Waals surface area contributed by atoms with Crippen molar-refractivity contribution >= 4 is 11.6 Å². The van der Waals surface area contributed by atoms with E-state index in [9.17, 15) is 4.79 Å². The molecule has 0 saturated heterocycles. The summed E-state index contributed by atoms with van der Waals surface area (Å²) in [6.07, 6.45) is 2.25. The molecule has 134 valence electrons. The molecule has 1 atom stereocenters. The van der Waals surface area contributed by atoms with E-state index in [2.05, 4.69) is 15.6 Å². The summed E-state index contributed by atoms with van der Waals surface area (Å²) in [5.41, 5.74) is 2.75. The Bertz CT molecular complexity index is 770. The highest BCUT2D eigenvalue weighted by atomic mass is 16.5. The second-order valence-corrected chi connectivity index (χ2v) is 6.57. The van der Waals surface area contributed by atoms with Gasteiger partial charge in [-0.05, 0) is 38.8 Å². The van der Waals surface area contributed by atoms with E-state index in [1.165, 1.54) is 0 Å². The summed E-state index contributed by atoms with van der Waals surface area (Å²) >= 11 is 0. The third-order valence-corrected chi connectivity index (χ3v) is 4.36. The number of methoxy groups -OCH3 is 1. The van der Waals surface area contributed by atoms with E-state index >= 15 is 0 Å². The van der Waals surface area contributed by atoms with E-state index in [4.69, 9.17) is 9.47 Å². The standard InChI is InChI=1S/C18H24N4O3/c1-11(2)25-17-10-13(6-8-16(17)24-4)19-18(23)12-5-7-14-15(9-12)22(3)21-20-14/h6,8,10-12H,5,7,9H2,1-4H3,(H,19,23). The molecule has 7 nitrogen and oxygen atoms in total. The molecule has 0 spiro atoms. The summed E-state index contributed by atoms with van der Waals surface area (Å²) in [7, 11) is 3.47. The number of aromatic nitrogens is 3. The van der Waals surface area contributed by atoms with Crippen molar-refractivity contribution in [2.45, 2.75) is 39.2 Å². The summed E-state index contributed by atoms with van der Waals surface area (Å²) in [6.45, 7) is 3.90. The van der Waals surface area contributed by atoms with Crippen LogP contribution in [-0.2, 0) is 24.7 Å². The lowest BCUT2D eigenvalue weighted by molar-refractivity contribution is -0.120. The normalized spacial score (nSPS) is 16.4. The Labute approximate surface area is 147 Å². The Kier molecular flexibility index (Phi) is 4.92. The van der Waals surface area contributed by atoms with Crippen molar-refractivity contribution in [3.8, 4) is 11.5 Å². The van der Waals surface area contributed by atoms with Crippen molar-refractivity contribution in [2.75, 3.05) is 12.4 Å². The predicted octanol–water partition coefficient (Wildman–Crippen LogP) is 2.35. The second-order valence-electron chi connectivity index (χ2n) is 6.57. The molecule has 0 fully saturated rings. The van der Waals surface area contributed by atoms with Crippen LogP contribution in [0.2, 0.25) is 0 Å². The maximum absolute atomic E-state index is 12.7. The number of nitrogens with zero attached hydrogens (tertiary/aromatic N) is 3. The summed E-state index contributed by atoms with van der Waals surface area (Å²) in [5, 5.41) is 11.2. The molecule has 25 heavy (non-hydrogen) atoms. The second kappa shape index (κ2) is 7.13. The number of carbonyl (C=O) groups excluding carboxylic acids is 1. The van der Waals surface area contributed by atoms with Gasteiger partial charge in [0.2, 0.25) is 5.91 Å². The minimum Gasteiger partial charge on any atom is -0.493 e. The van der Waals surface area contributed by atoms with E-state index in [0.29, 0.717) is 23.6 Å². The largest absolute Gasteiger partial charge is 0.493 e. The average Bonchev–Trinajstić information content (AvgIpc) is 2.95. The van der Waals surface area contributed by atoms with Gasteiger partial charge in [0.05, 0.1) is 24.6 Å². The molecule has 0 aliphatic heterocycles. The van der Waals surface area contributed by atoms with Gasteiger partial charge < -0.3 is 14.8 Å². The molecule has 2 aromatic rings. The van der Waals surface area contributed by atoms with Gasteiger partial charge in [0, 0.05) is 31.1 Å². The molecule has 1 aliphatic carbocycles. The Morgan fingerprint density at radius 3 is 2.88 bits per heavy atom. The lowest BCUT2D eigenvalue weighted by Gasteiger charge is -2.21. The quantitative estimate of drug-likeness (QED) is 0.901. The Hall–Kier alpha value is -2.57. The van der Waals surface area contributed by atoms with Crippen molar-refractivity contribution < 1.29 is 14.3 Å². The summed E-state index contributed by atoms with van der Waals surface area (Å²) in [6, 6.07) is 5.43. The van der Waals surface area contributed by atoms with E-state index in [0.717, 1.165) is 24.2 Å². The van der Waals surface area contributed by atoms with Crippen molar-refractivity contribution in [3.63, 3.8) is 0 Å². The number of fused-ring (bicyclic) bond motifs is 1. The van der Waals surface area contributed by atoms with Crippen LogP contribution in [0, 0.1) is 5.92 Å². The number of ether oxygens (including phenoxy) is 2. The lowest BCUT2D eigenvalue weighted by Crippen LogP contribution is -2.29. The Balaban J connectivity index is 1.72. The first-order valence-electron chi connectivity index (χ1n) is 8.51. The van der Waals surface area contributed by atoms with Crippen LogP contribution in [0.3, 0.4) is 0 Å². The smallest absolute Gasteiger partial charge is 0.227 e. The molecule has 0 radical (unpaired) electrons. The van der Waals surface area contributed by atoms with Gasteiger partial charge in [0.1, 0.15) is 0 Å². The molecule has 1 heterocycles. The highest BCUT2D eigenvalue weighted by Crippen LogP contribution is 2.32. The van der Waals surface area contributed by atoms with Crippen LogP contribution in [0.4, 0.5) is 5.69 Å². The van der Waals surface area contributed by atoms with Crippen molar-refractivity contribution in [3.05, 3.63) is 29.6 Å². The molecule has 1 aromatic heterocycles. The number of benzene rings is 1. The Morgan fingerprint density at radius 2 is 2.16 bits per heavy atom. The van der Waals surface area contributed by atoms with Crippen LogP contribution in [-0.4, -0.2) is 34.1 Å². The van der Waals surface area contributed by atoms with Crippen LogP contribution in [0.15, 0.2) is 18.2 Å². The fraction of sp³-hybridized carbons (Fsp3) is 0.500. The molecule has 1 N–H and O–H groups in total. The minimum absolute atomic E-state index is 0.00696. The maximum atomic E-state index is 12.7. The van der Waals surface area contributed by atoms with E-state index < -0.39 is 0 Å². The fourth-order valence-electron chi connectivity index (χ4n) is 3.08. The Morgan fingerprint density at radius 1 is 1.36 bits per heavy atom. The van der Waals surface area contributed by atoms with Crippen LogP contribution < -0.4 is 14.8 Å². The van der Waals surface area contributed by atoms with Gasteiger partial charge in [-0.1, -0.05) is 5.21 Å². The number of nitrogens with one attached hydrogen (secondary N) is 1. The van der Waals surface area contributed by atoms with Gasteiger partial charge in [-0.25, -0.2) is 0 Å². The summed E-state index contributed by atoms with van der Waals surface area (Å²) in [5.74, 6) is 1.20. The number of hydrogen-bond acceptors (Lipinski definition) is 5. The number of rotatable bonds is 5. The first kappa shape index (κ1) is 17.3.